The van der Waals surface area contributed by atoms with Gasteiger partial charge in [-0.1, -0.05) is 30.3 Å². The van der Waals surface area contributed by atoms with E-state index in [2.05, 4.69) is 5.32 Å². The molecule has 0 aliphatic carbocycles. The molecular formula is C26H29N3O4. The molecule has 7 nitrogen and oxygen atoms in total. The summed E-state index contributed by atoms with van der Waals surface area (Å²) in [5.74, 6) is 0.389. The normalized spacial score (nSPS) is 22.4. The molecule has 172 valence electrons. The first-order chi connectivity index (χ1) is 16.0. The Morgan fingerprint density at radius 2 is 2.03 bits per heavy atom. The lowest BCUT2D eigenvalue weighted by Crippen LogP contribution is -2.64. The smallest absolute Gasteiger partial charge is 0.271 e. The molecule has 0 spiro atoms. The number of ether oxygens (including phenoxy) is 2. The number of nitrogens with zero attached hydrogens (tertiary/aromatic N) is 2. The zero-order valence-corrected chi connectivity index (χ0v) is 19.0. The van der Waals surface area contributed by atoms with Gasteiger partial charge in [0.15, 0.2) is 0 Å². The number of nitrogens with one attached hydrogen (secondary N) is 1. The lowest BCUT2D eigenvalue weighted by molar-refractivity contribution is -0.133. The maximum absolute atomic E-state index is 13.8. The molecule has 2 unspecified atom stereocenters. The predicted molar refractivity (Wildman–Crippen MR) is 125 cm³/mol. The van der Waals surface area contributed by atoms with Crippen LogP contribution in [0.3, 0.4) is 0 Å². The van der Waals surface area contributed by atoms with E-state index in [1.807, 2.05) is 66.1 Å². The number of hydrogen-bond acceptors (Lipinski definition) is 4. The third kappa shape index (κ3) is 3.86. The molecule has 0 bridgehead atoms. The molecule has 1 N–H and O–H groups in total. The summed E-state index contributed by atoms with van der Waals surface area (Å²) in [6.07, 6.45) is 1.99. The number of fused-ring (bicyclic) bond motifs is 3. The van der Waals surface area contributed by atoms with Crippen molar-refractivity contribution in [1.29, 1.82) is 0 Å². The van der Waals surface area contributed by atoms with Crippen LogP contribution in [-0.4, -0.2) is 53.2 Å². The Morgan fingerprint density at radius 3 is 2.76 bits per heavy atom. The molecule has 2 aromatic carbocycles. The van der Waals surface area contributed by atoms with Crippen LogP contribution in [0, 0.1) is 0 Å². The maximum Gasteiger partial charge on any atom is 0.271 e. The van der Waals surface area contributed by atoms with E-state index in [4.69, 9.17) is 9.47 Å². The van der Waals surface area contributed by atoms with Gasteiger partial charge in [-0.25, -0.2) is 0 Å². The third-order valence-corrected chi connectivity index (χ3v) is 6.82. The average molecular weight is 448 g/mol. The van der Waals surface area contributed by atoms with Crippen LogP contribution in [0.4, 0.5) is 0 Å². The van der Waals surface area contributed by atoms with Crippen LogP contribution in [0.5, 0.6) is 5.75 Å². The molecule has 2 amide bonds. The van der Waals surface area contributed by atoms with Crippen molar-refractivity contribution in [2.45, 2.75) is 44.5 Å². The molecule has 5 rings (SSSR count). The Kier molecular flexibility index (Phi) is 5.58. The molecule has 0 saturated carbocycles. The van der Waals surface area contributed by atoms with Gasteiger partial charge in [0, 0.05) is 31.1 Å². The second-order valence-electron chi connectivity index (χ2n) is 9.04. The summed E-state index contributed by atoms with van der Waals surface area (Å²) in [5, 5.41) is 4.02. The first-order valence-corrected chi connectivity index (χ1v) is 11.4. The van der Waals surface area contributed by atoms with Gasteiger partial charge >= 0.3 is 0 Å². The van der Waals surface area contributed by atoms with Crippen molar-refractivity contribution in [3.63, 3.8) is 0 Å². The number of benzene rings is 2. The predicted octanol–water partition coefficient (Wildman–Crippen LogP) is 3.36. The zero-order chi connectivity index (χ0) is 23.0. The molecule has 1 fully saturated rings. The van der Waals surface area contributed by atoms with E-state index in [0.717, 1.165) is 35.9 Å². The van der Waals surface area contributed by atoms with Gasteiger partial charge in [0.2, 0.25) is 5.91 Å². The van der Waals surface area contributed by atoms with Crippen LogP contribution >= 0.6 is 0 Å². The van der Waals surface area contributed by atoms with Crippen molar-refractivity contribution in [2.24, 2.45) is 0 Å². The summed E-state index contributed by atoms with van der Waals surface area (Å²) in [6, 6.07) is 17.4. The monoisotopic (exact) mass is 447 g/mol. The second-order valence-corrected chi connectivity index (χ2v) is 9.04. The van der Waals surface area contributed by atoms with Crippen molar-refractivity contribution in [1.82, 2.24) is 14.8 Å². The van der Waals surface area contributed by atoms with Crippen molar-refractivity contribution in [2.75, 3.05) is 20.3 Å². The topological polar surface area (TPSA) is 72.8 Å². The second kappa shape index (κ2) is 8.56. The summed E-state index contributed by atoms with van der Waals surface area (Å²) in [4.78, 5) is 29.1. The summed E-state index contributed by atoms with van der Waals surface area (Å²) < 4.78 is 13.0. The fraction of sp³-hybridized carbons (Fsp3) is 0.385. The Bertz CT molecular complexity index is 1180. The molecule has 1 aromatic heterocycles. The largest absolute Gasteiger partial charge is 0.497 e. The third-order valence-electron chi connectivity index (χ3n) is 6.82. The molecule has 1 saturated heterocycles. The summed E-state index contributed by atoms with van der Waals surface area (Å²) in [7, 11) is 1.62. The van der Waals surface area contributed by atoms with E-state index in [1.54, 1.807) is 12.0 Å². The number of carbonyl (C=O) groups is 2. The van der Waals surface area contributed by atoms with Gasteiger partial charge in [0.05, 0.1) is 25.3 Å². The first kappa shape index (κ1) is 21.5. The quantitative estimate of drug-likeness (QED) is 0.629. The molecule has 33 heavy (non-hydrogen) atoms. The Morgan fingerprint density at radius 1 is 1.21 bits per heavy atom. The summed E-state index contributed by atoms with van der Waals surface area (Å²) in [6.45, 7) is 3.75. The molecule has 7 heteroatoms. The molecule has 3 heterocycles. The van der Waals surface area contributed by atoms with Crippen molar-refractivity contribution in [3.05, 3.63) is 65.9 Å². The van der Waals surface area contributed by atoms with E-state index < -0.39 is 5.54 Å². The highest BCUT2D eigenvalue weighted by Gasteiger charge is 2.47. The lowest BCUT2D eigenvalue weighted by Gasteiger charge is -2.44. The number of aromatic nitrogens is 1. The lowest BCUT2D eigenvalue weighted by atomic mass is 9.93. The Balaban J connectivity index is 1.53. The van der Waals surface area contributed by atoms with E-state index in [0.29, 0.717) is 31.1 Å². The standard InChI is InChI=1S/C26H29N3O4/c1-26(25(31)27-15-21-9-6-12-33-21)17-28-22-14-20(32-2)11-10-19(22)13-23(28)24(30)29(26)16-18-7-4-3-5-8-18/h3-5,7-8,10-11,13-14,21H,6,9,12,15-17H2,1-2H3,(H,27,31). The van der Waals surface area contributed by atoms with Crippen LogP contribution in [0.25, 0.3) is 10.9 Å². The van der Waals surface area contributed by atoms with Crippen molar-refractivity contribution < 1.29 is 19.1 Å². The number of amides is 2. The van der Waals surface area contributed by atoms with Crippen LogP contribution in [-0.2, 0) is 22.6 Å². The molecule has 3 aromatic rings. The summed E-state index contributed by atoms with van der Waals surface area (Å²) >= 11 is 0. The molecule has 2 atom stereocenters. The first-order valence-electron chi connectivity index (χ1n) is 11.4. The minimum absolute atomic E-state index is 0.0339. The highest BCUT2D eigenvalue weighted by molar-refractivity contribution is 6.03. The maximum atomic E-state index is 13.8. The number of hydrogen-bond donors (Lipinski definition) is 1. The van der Waals surface area contributed by atoms with Crippen LogP contribution < -0.4 is 10.1 Å². The van der Waals surface area contributed by atoms with E-state index in [-0.39, 0.29) is 17.9 Å². The zero-order valence-electron chi connectivity index (χ0n) is 19.0. The van der Waals surface area contributed by atoms with Crippen LogP contribution in [0.15, 0.2) is 54.6 Å². The fourth-order valence-corrected chi connectivity index (χ4v) is 4.87. The molecule has 0 radical (unpaired) electrons. The Labute approximate surface area is 193 Å². The van der Waals surface area contributed by atoms with Crippen LogP contribution in [0.2, 0.25) is 0 Å². The van der Waals surface area contributed by atoms with Gasteiger partial charge in [0.25, 0.3) is 5.91 Å². The molecule has 2 aliphatic heterocycles. The van der Waals surface area contributed by atoms with Gasteiger partial charge < -0.3 is 24.3 Å². The highest BCUT2D eigenvalue weighted by atomic mass is 16.5. The number of carbonyl (C=O) groups excluding carboxylic acids is 2. The van der Waals surface area contributed by atoms with E-state index in [1.165, 1.54) is 0 Å². The van der Waals surface area contributed by atoms with Crippen LogP contribution in [0.1, 0.15) is 35.8 Å². The molecule has 2 aliphatic rings. The minimum Gasteiger partial charge on any atom is -0.497 e. The van der Waals surface area contributed by atoms with Gasteiger partial charge in [-0.05, 0) is 43.5 Å². The van der Waals surface area contributed by atoms with E-state index >= 15 is 0 Å². The SMILES string of the molecule is COc1ccc2cc3n(c2c1)CC(C)(C(=O)NCC1CCCO1)N(Cc1ccccc1)C3=O. The average Bonchev–Trinajstić information content (AvgIpc) is 3.48. The van der Waals surface area contributed by atoms with Gasteiger partial charge in [-0.2, -0.15) is 0 Å². The molecular weight excluding hydrogens is 418 g/mol. The van der Waals surface area contributed by atoms with Gasteiger partial charge in [0.1, 0.15) is 17.0 Å². The van der Waals surface area contributed by atoms with Gasteiger partial charge in [-0.15, -0.1) is 0 Å². The summed E-state index contributed by atoms with van der Waals surface area (Å²) in [5.41, 5.74) is 1.39. The van der Waals surface area contributed by atoms with Crippen molar-refractivity contribution >= 4 is 22.7 Å². The van der Waals surface area contributed by atoms with Crippen molar-refractivity contribution in [3.8, 4) is 5.75 Å². The van der Waals surface area contributed by atoms with E-state index in [9.17, 15) is 9.59 Å². The Hall–Kier alpha value is -3.32. The number of rotatable bonds is 6. The van der Waals surface area contributed by atoms with Gasteiger partial charge in [-0.3, -0.25) is 9.59 Å². The highest BCUT2D eigenvalue weighted by Crippen LogP contribution is 2.34. The number of methoxy groups -OCH3 is 1. The minimum atomic E-state index is -1.06. The fourth-order valence-electron chi connectivity index (χ4n) is 4.87.